The molecule has 6 aromatic rings. The summed E-state index contributed by atoms with van der Waals surface area (Å²) in [7, 11) is 0. The maximum atomic E-state index is 14.9. The van der Waals surface area contributed by atoms with Crippen LogP contribution in [-0.2, 0) is 6.54 Å². The topological polar surface area (TPSA) is 129 Å². The molecule has 48 heavy (non-hydrogen) atoms. The molecule has 12 heteroatoms. The van der Waals surface area contributed by atoms with E-state index in [1.54, 1.807) is 13.1 Å². The van der Waals surface area contributed by atoms with Crippen molar-refractivity contribution >= 4 is 38.5 Å². The minimum Gasteiger partial charge on any atom is -0.508 e. The van der Waals surface area contributed by atoms with Gasteiger partial charge in [0, 0.05) is 46.8 Å². The lowest BCUT2D eigenvalue weighted by molar-refractivity contribution is 0.107. The number of rotatable bonds is 7. The Morgan fingerprint density at radius 1 is 1.23 bits per heavy atom. The molecule has 0 saturated carbocycles. The average Bonchev–Trinajstić information content (AvgIpc) is 3.75. The van der Waals surface area contributed by atoms with Crippen LogP contribution in [0.15, 0.2) is 57.9 Å². The highest BCUT2D eigenvalue weighted by atomic mass is 19.1. The fourth-order valence-corrected chi connectivity index (χ4v) is 7.36. The van der Waals surface area contributed by atoms with Crippen molar-refractivity contribution < 1.29 is 23.0 Å². The number of phenols is 1. The van der Waals surface area contributed by atoms with Gasteiger partial charge in [-0.15, -0.1) is 6.42 Å². The molecule has 8 rings (SSSR count). The van der Waals surface area contributed by atoms with Gasteiger partial charge in [0.1, 0.15) is 47.0 Å². The minimum atomic E-state index is -0.932. The van der Waals surface area contributed by atoms with Gasteiger partial charge in [-0.2, -0.15) is 9.97 Å². The van der Waals surface area contributed by atoms with Crippen molar-refractivity contribution in [1.29, 1.82) is 0 Å². The molecule has 242 valence electrons. The molecule has 3 N–H and O–H groups in total. The summed E-state index contributed by atoms with van der Waals surface area (Å²) in [6, 6.07) is 11.3. The Morgan fingerprint density at radius 3 is 2.94 bits per heavy atom. The standard InChI is InChI=1S/C36H30F2N6O4/c1-3-25-27(38)8-7-20-13-24(45)14-26(28(20)25)31-19(2)30-29(34(46)48-31)33(40-16-23-12-21-6-4-10-39-32(21)41-23)43-35(42-30)47-18-36-9-5-11-44(36)17-22(37)15-36/h1,4,6-8,10,12-14,22,45H,5,9,11,15-18H2,2H3,(H,39,41)(H,40,42,43)/t22-,36+/m1/s1. The zero-order valence-corrected chi connectivity index (χ0v) is 25.9. The highest BCUT2D eigenvalue weighted by molar-refractivity contribution is 6.03. The molecule has 6 heterocycles. The summed E-state index contributed by atoms with van der Waals surface area (Å²) in [5.41, 5.74) is 1.16. The van der Waals surface area contributed by atoms with Crippen LogP contribution in [0.2, 0.25) is 0 Å². The van der Waals surface area contributed by atoms with Crippen LogP contribution in [0.1, 0.15) is 36.1 Å². The number of nitrogens with zero attached hydrogens (tertiary/aromatic N) is 4. The molecule has 0 unspecified atom stereocenters. The Labute approximate surface area is 272 Å². The molecule has 2 aliphatic rings. The number of halogens is 2. The summed E-state index contributed by atoms with van der Waals surface area (Å²) in [5, 5.41) is 15.6. The first-order valence-corrected chi connectivity index (χ1v) is 15.7. The number of hydrogen-bond acceptors (Lipinski definition) is 9. The third kappa shape index (κ3) is 4.89. The molecule has 0 amide bonds. The lowest BCUT2D eigenvalue weighted by Crippen LogP contribution is -2.43. The SMILES string of the molecule is C#Cc1c(F)ccc2cc(O)cc(-c3oc(=O)c4c(NCc5cc6cccnc6[nH]5)nc(OC[C@@]56CCCN5C[C@H](F)C6)nc4c3C)c12. The number of terminal acetylenes is 1. The van der Waals surface area contributed by atoms with Crippen molar-refractivity contribution in [2.45, 2.75) is 44.4 Å². The molecule has 2 atom stereocenters. The number of H-pyrrole nitrogens is 1. The number of pyridine rings is 1. The Hall–Kier alpha value is -5.54. The third-order valence-electron chi connectivity index (χ3n) is 9.55. The number of aromatic amines is 1. The monoisotopic (exact) mass is 648 g/mol. The first kappa shape index (κ1) is 29.8. The molecule has 2 saturated heterocycles. The normalized spacial score (nSPS) is 19.2. The number of alkyl halides is 1. The Kier molecular flexibility index (Phi) is 7.03. The summed E-state index contributed by atoms with van der Waals surface area (Å²) in [5.74, 6) is 1.88. The molecule has 0 aliphatic carbocycles. The molecule has 0 spiro atoms. The first-order chi connectivity index (χ1) is 23.2. The summed E-state index contributed by atoms with van der Waals surface area (Å²) in [4.78, 5) is 32.9. The molecule has 10 nitrogen and oxygen atoms in total. The lowest BCUT2D eigenvalue weighted by Gasteiger charge is -2.30. The van der Waals surface area contributed by atoms with Crippen LogP contribution in [0.3, 0.4) is 0 Å². The van der Waals surface area contributed by atoms with Crippen LogP contribution in [0.25, 0.3) is 44.0 Å². The van der Waals surface area contributed by atoms with Gasteiger partial charge >= 0.3 is 11.6 Å². The fourth-order valence-electron chi connectivity index (χ4n) is 7.36. The van der Waals surface area contributed by atoms with Crippen LogP contribution in [0.5, 0.6) is 11.8 Å². The first-order valence-electron chi connectivity index (χ1n) is 15.7. The number of aromatic nitrogens is 4. The molecule has 2 aliphatic heterocycles. The van der Waals surface area contributed by atoms with E-state index >= 15 is 0 Å². The Bertz CT molecular complexity index is 2330. The van der Waals surface area contributed by atoms with E-state index in [0.29, 0.717) is 29.3 Å². The summed E-state index contributed by atoms with van der Waals surface area (Å²) >= 11 is 0. The maximum Gasteiger partial charge on any atom is 0.349 e. The van der Waals surface area contributed by atoms with Gasteiger partial charge in [0.15, 0.2) is 0 Å². The van der Waals surface area contributed by atoms with E-state index in [2.05, 4.69) is 36.1 Å². The quantitative estimate of drug-likeness (QED) is 0.179. The van der Waals surface area contributed by atoms with E-state index in [9.17, 15) is 18.7 Å². The number of phenolic OH excluding ortho intramolecular Hbond substituents is 1. The smallest absolute Gasteiger partial charge is 0.349 e. The third-order valence-corrected chi connectivity index (χ3v) is 9.55. The zero-order valence-electron chi connectivity index (χ0n) is 25.9. The molecule has 0 radical (unpaired) electrons. The minimum absolute atomic E-state index is 0.00243. The Balaban J connectivity index is 1.27. The largest absolute Gasteiger partial charge is 0.508 e. The van der Waals surface area contributed by atoms with Crippen molar-refractivity contribution in [3.63, 3.8) is 0 Å². The van der Waals surface area contributed by atoms with E-state index in [4.69, 9.17) is 15.6 Å². The molecule has 2 fully saturated rings. The number of aromatic hydroxyl groups is 1. The van der Waals surface area contributed by atoms with E-state index in [0.717, 1.165) is 36.1 Å². The fraction of sp³-hybridized carbons (Fsp3) is 0.278. The second kappa shape index (κ2) is 11.3. The molecule has 4 aromatic heterocycles. The summed E-state index contributed by atoms with van der Waals surface area (Å²) in [6.45, 7) is 3.32. The van der Waals surface area contributed by atoms with Gasteiger partial charge < -0.3 is 24.6 Å². The summed E-state index contributed by atoms with van der Waals surface area (Å²) in [6.07, 6.45) is 8.59. The number of anilines is 1. The van der Waals surface area contributed by atoms with Crippen molar-refractivity contribution in [2.24, 2.45) is 0 Å². The van der Waals surface area contributed by atoms with Gasteiger partial charge in [-0.25, -0.2) is 18.6 Å². The molecule has 0 bridgehead atoms. The molecular weight excluding hydrogens is 618 g/mol. The second-order valence-electron chi connectivity index (χ2n) is 12.5. The highest BCUT2D eigenvalue weighted by Crippen LogP contribution is 2.41. The van der Waals surface area contributed by atoms with E-state index < -0.39 is 23.2 Å². The van der Waals surface area contributed by atoms with Crippen LogP contribution in [-0.4, -0.2) is 61.3 Å². The van der Waals surface area contributed by atoms with Crippen molar-refractivity contribution in [1.82, 2.24) is 24.8 Å². The van der Waals surface area contributed by atoms with E-state index in [1.807, 2.05) is 18.2 Å². The lowest BCUT2D eigenvalue weighted by atomic mass is 9.95. The predicted molar refractivity (Wildman–Crippen MR) is 177 cm³/mol. The predicted octanol–water partition coefficient (Wildman–Crippen LogP) is 5.98. The average molecular weight is 649 g/mol. The van der Waals surface area contributed by atoms with Gasteiger partial charge in [-0.05, 0) is 68.1 Å². The van der Waals surface area contributed by atoms with Crippen LogP contribution in [0.4, 0.5) is 14.6 Å². The Morgan fingerprint density at radius 2 is 2.10 bits per heavy atom. The number of aryl methyl sites for hydroxylation is 1. The number of ether oxygens (including phenoxy) is 1. The van der Waals surface area contributed by atoms with Gasteiger partial charge in [0.2, 0.25) is 0 Å². The summed E-state index contributed by atoms with van der Waals surface area (Å²) < 4.78 is 41.6. The highest BCUT2D eigenvalue weighted by Gasteiger charge is 2.49. The number of fused-ring (bicyclic) bond motifs is 4. The number of hydrogen-bond donors (Lipinski definition) is 3. The van der Waals surface area contributed by atoms with Crippen LogP contribution in [0, 0.1) is 25.1 Å². The zero-order chi connectivity index (χ0) is 33.2. The second-order valence-corrected chi connectivity index (χ2v) is 12.5. The van der Waals surface area contributed by atoms with Crippen molar-refractivity contribution in [3.8, 4) is 35.4 Å². The number of benzene rings is 2. The van der Waals surface area contributed by atoms with E-state index in [1.165, 1.54) is 24.3 Å². The maximum absolute atomic E-state index is 14.9. The van der Waals surface area contributed by atoms with Crippen molar-refractivity contribution in [3.05, 3.63) is 81.7 Å². The van der Waals surface area contributed by atoms with Crippen LogP contribution < -0.4 is 15.7 Å². The van der Waals surface area contributed by atoms with Gasteiger partial charge in [-0.3, -0.25) is 4.90 Å². The van der Waals surface area contributed by atoms with Gasteiger partial charge in [0.05, 0.1) is 23.2 Å². The van der Waals surface area contributed by atoms with Crippen LogP contribution >= 0.6 is 0 Å². The van der Waals surface area contributed by atoms with Gasteiger partial charge in [-0.1, -0.05) is 12.0 Å². The van der Waals surface area contributed by atoms with Crippen molar-refractivity contribution in [2.75, 3.05) is 25.0 Å². The van der Waals surface area contributed by atoms with Gasteiger partial charge in [0.25, 0.3) is 0 Å². The molecule has 2 aromatic carbocycles. The molecular formula is C36H30F2N6O4. The van der Waals surface area contributed by atoms with E-state index in [-0.39, 0.29) is 58.5 Å². The number of nitrogens with one attached hydrogen (secondary N) is 2.